The van der Waals surface area contributed by atoms with Gasteiger partial charge >= 0.3 is 0 Å². The predicted octanol–water partition coefficient (Wildman–Crippen LogP) is 4.21. The van der Waals surface area contributed by atoms with Crippen LogP contribution in [0.1, 0.15) is 18.4 Å². The fourth-order valence-electron chi connectivity index (χ4n) is 2.00. The fourth-order valence-corrected chi connectivity index (χ4v) is 2.46. The number of halogens is 2. The Balaban J connectivity index is 1.75. The number of ether oxygens (including phenoxy) is 1. The quantitative estimate of drug-likeness (QED) is 0.313. The molecule has 9 heteroatoms. The van der Waals surface area contributed by atoms with Crippen molar-refractivity contribution in [1.82, 2.24) is 5.43 Å². The van der Waals surface area contributed by atoms with Gasteiger partial charge in [-0.1, -0.05) is 35.3 Å². The maximum atomic E-state index is 11.7. The number of para-hydroxylation sites is 1. The summed E-state index contributed by atoms with van der Waals surface area (Å²) in [5, 5.41) is 15.5. The Bertz CT molecular complexity index is 827. The van der Waals surface area contributed by atoms with Crippen LogP contribution >= 0.6 is 23.2 Å². The maximum absolute atomic E-state index is 11.7. The minimum absolute atomic E-state index is 0.0845. The molecule has 2 rings (SSSR count). The van der Waals surface area contributed by atoms with Crippen LogP contribution in [0.4, 0.5) is 5.69 Å². The van der Waals surface area contributed by atoms with E-state index in [1.165, 1.54) is 18.3 Å². The van der Waals surface area contributed by atoms with E-state index < -0.39 is 4.92 Å². The lowest BCUT2D eigenvalue weighted by molar-refractivity contribution is -0.385. The molecule has 0 bridgehead atoms. The molecule has 7 nitrogen and oxygen atoms in total. The van der Waals surface area contributed by atoms with E-state index in [9.17, 15) is 14.9 Å². The van der Waals surface area contributed by atoms with Crippen molar-refractivity contribution < 1.29 is 14.5 Å². The monoisotopic (exact) mass is 395 g/mol. The van der Waals surface area contributed by atoms with Crippen LogP contribution in [0.3, 0.4) is 0 Å². The Morgan fingerprint density at radius 2 is 2.04 bits per heavy atom. The van der Waals surface area contributed by atoms with E-state index >= 15 is 0 Å². The molecule has 1 amide bonds. The molecule has 2 aromatic carbocycles. The lowest BCUT2D eigenvalue weighted by Crippen LogP contribution is -2.18. The summed E-state index contributed by atoms with van der Waals surface area (Å²) in [7, 11) is 0. The van der Waals surface area contributed by atoms with E-state index in [0.29, 0.717) is 34.4 Å². The van der Waals surface area contributed by atoms with Gasteiger partial charge in [-0.3, -0.25) is 14.9 Å². The molecule has 0 unspecified atom stereocenters. The third-order valence-electron chi connectivity index (χ3n) is 3.23. The molecular weight excluding hydrogens is 381 g/mol. The summed E-state index contributed by atoms with van der Waals surface area (Å²) in [6.45, 7) is 0.294. The number of hydrogen-bond acceptors (Lipinski definition) is 5. The molecule has 26 heavy (non-hydrogen) atoms. The van der Waals surface area contributed by atoms with Crippen molar-refractivity contribution in [3.63, 3.8) is 0 Å². The third kappa shape index (κ3) is 6.02. The number of nitro benzene ring substituents is 1. The van der Waals surface area contributed by atoms with Crippen LogP contribution in [0.5, 0.6) is 5.75 Å². The standard InChI is InChI=1S/C17H15Cl2N3O4/c18-13-7-8-16(14(19)10-13)26-9-3-6-17(23)21-20-11-12-4-1-2-5-15(12)22(24)25/h1-2,4-5,7-8,10-11H,3,6,9H2,(H,21,23)/b20-11+. The van der Waals surface area contributed by atoms with E-state index in [4.69, 9.17) is 27.9 Å². The van der Waals surface area contributed by atoms with Gasteiger partial charge in [0.05, 0.1) is 28.3 Å². The van der Waals surface area contributed by atoms with Gasteiger partial charge in [-0.15, -0.1) is 0 Å². The van der Waals surface area contributed by atoms with Gasteiger partial charge in [0.25, 0.3) is 5.69 Å². The Morgan fingerprint density at radius 3 is 2.77 bits per heavy atom. The van der Waals surface area contributed by atoms with E-state index in [2.05, 4.69) is 10.5 Å². The number of rotatable bonds is 8. The Hall–Kier alpha value is -2.64. The second-order valence-electron chi connectivity index (χ2n) is 5.14. The number of carbonyl (C=O) groups is 1. The Morgan fingerprint density at radius 1 is 1.27 bits per heavy atom. The highest BCUT2D eigenvalue weighted by Gasteiger charge is 2.10. The molecule has 1 N–H and O–H groups in total. The van der Waals surface area contributed by atoms with Crippen LogP contribution in [0.25, 0.3) is 0 Å². The summed E-state index contributed by atoms with van der Waals surface area (Å²) in [4.78, 5) is 22.1. The summed E-state index contributed by atoms with van der Waals surface area (Å²) in [5.74, 6) is 0.163. The van der Waals surface area contributed by atoms with Gasteiger partial charge in [-0.05, 0) is 30.7 Å². The van der Waals surface area contributed by atoms with Crippen LogP contribution in [0.2, 0.25) is 10.0 Å². The van der Waals surface area contributed by atoms with Crippen LogP contribution in [0.15, 0.2) is 47.6 Å². The molecule has 0 atom stereocenters. The molecule has 136 valence electrons. The summed E-state index contributed by atoms with van der Waals surface area (Å²) >= 11 is 11.8. The number of carbonyl (C=O) groups excluding carboxylic acids is 1. The van der Waals surface area contributed by atoms with Gasteiger partial charge in [-0.2, -0.15) is 5.10 Å². The molecule has 0 saturated carbocycles. The number of nitro groups is 1. The molecule has 0 spiro atoms. The minimum Gasteiger partial charge on any atom is -0.492 e. The van der Waals surface area contributed by atoms with Gasteiger partial charge in [-0.25, -0.2) is 5.43 Å². The maximum Gasteiger partial charge on any atom is 0.278 e. The first-order chi connectivity index (χ1) is 12.5. The van der Waals surface area contributed by atoms with Crippen molar-refractivity contribution in [2.24, 2.45) is 5.10 Å². The molecule has 0 saturated heterocycles. The van der Waals surface area contributed by atoms with Crippen molar-refractivity contribution in [2.75, 3.05) is 6.61 Å². The van der Waals surface area contributed by atoms with Crippen molar-refractivity contribution in [3.05, 3.63) is 68.2 Å². The fraction of sp³-hybridized carbons (Fsp3) is 0.176. The van der Waals surface area contributed by atoms with Gasteiger partial charge in [0.15, 0.2) is 0 Å². The summed E-state index contributed by atoms with van der Waals surface area (Å²) in [6.07, 6.45) is 1.87. The molecule has 0 fully saturated rings. The highest BCUT2D eigenvalue weighted by Crippen LogP contribution is 2.27. The number of benzene rings is 2. The van der Waals surface area contributed by atoms with Crippen molar-refractivity contribution >= 4 is 41.0 Å². The average Bonchev–Trinajstić information content (AvgIpc) is 2.60. The Labute approximate surface area is 159 Å². The van der Waals surface area contributed by atoms with E-state index in [1.807, 2.05) is 0 Å². The number of amides is 1. The van der Waals surface area contributed by atoms with E-state index in [0.717, 1.165) is 0 Å². The summed E-state index contributed by atoms with van der Waals surface area (Å²) < 4.78 is 5.47. The molecule has 0 heterocycles. The first-order valence-corrected chi connectivity index (χ1v) is 8.36. The molecule has 2 aromatic rings. The lowest BCUT2D eigenvalue weighted by atomic mass is 10.2. The SMILES string of the molecule is O=C(CCCOc1ccc(Cl)cc1Cl)N/N=C/c1ccccc1[N+](=O)[O-]. The van der Waals surface area contributed by atoms with Crippen molar-refractivity contribution in [3.8, 4) is 5.75 Å². The van der Waals surface area contributed by atoms with Gasteiger partial charge in [0.1, 0.15) is 5.75 Å². The number of nitrogens with one attached hydrogen (secondary N) is 1. The van der Waals surface area contributed by atoms with E-state index in [1.54, 1.807) is 30.3 Å². The van der Waals surface area contributed by atoms with Crippen LogP contribution < -0.4 is 10.2 Å². The van der Waals surface area contributed by atoms with Gasteiger partial charge < -0.3 is 4.74 Å². The zero-order chi connectivity index (χ0) is 18.9. The van der Waals surface area contributed by atoms with Gasteiger partial charge in [0, 0.05) is 17.5 Å². The Kier molecular flexibility index (Phi) is 7.37. The zero-order valence-electron chi connectivity index (χ0n) is 13.5. The van der Waals surface area contributed by atoms with Crippen LogP contribution in [-0.4, -0.2) is 23.7 Å². The van der Waals surface area contributed by atoms with Crippen molar-refractivity contribution in [2.45, 2.75) is 12.8 Å². The van der Waals surface area contributed by atoms with Gasteiger partial charge in [0.2, 0.25) is 5.91 Å². The number of nitrogens with zero attached hydrogens (tertiary/aromatic N) is 2. The van der Waals surface area contributed by atoms with E-state index in [-0.39, 0.29) is 18.0 Å². The van der Waals surface area contributed by atoms with Crippen LogP contribution in [-0.2, 0) is 4.79 Å². The van der Waals surface area contributed by atoms with Crippen molar-refractivity contribution in [1.29, 1.82) is 0 Å². The normalized spacial score (nSPS) is 10.7. The zero-order valence-corrected chi connectivity index (χ0v) is 15.0. The smallest absolute Gasteiger partial charge is 0.278 e. The molecular formula is C17H15Cl2N3O4. The third-order valence-corrected chi connectivity index (χ3v) is 3.76. The van der Waals surface area contributed by atoms with Crippen LogP contribution in [0, 0.1) is 10.1 Å². The first-order valence-electron chi connectivity index (χ1n) is 7.60. The average molecular weight is 396 g/mol. The summed E-state index contributed by atoms with van der Waals surface area (Å²) in [5.41, 5.74) is 2.54. The number of hydrogen-bond donors (Lipinski definition) is 1. The first kappa shape index (κ1) is 19.7. The highest BCUT2D eigenvalue weighted by atomic mass is 35.5. The minimum atomic E-state index is -0.512. The second-order valence-corrected chi connectivity index (χ2v) is 5.98. The highest BCUT2D eigenvalue weighted by molar-refractivity contribution is 6.35. The molecule has 0 aliphatic heterocycles. The second kappa shape index (κ2) is 9.74. The summed E-state index contributed by atoms with van der Waals surface area (Å²) in [6, 6.07) is 11.0. The molecule has 0 aromatic heterocycles. The predicted molar refractivity (Wildman–Crippen MR) is 100 cm³/mol. The largest absolute Gasteiger partial charge is 0.492 e. The topological polar surface area (TPSA) is 93.8 Å². The number of hydrazone groups is 1. The molecule has 0 radical (unpaired) electrons. The molecule has 0 aliphatic rings. The molecule has 0 aliphatic carbocycles. The lowest BCUT2D eigenvalue weighted by Gasteiger charge is -2.07.